The summed E-state index contributed by atoms with van der Waals surface area (Å²) in [7, 11) is -3.49. The third-order valence-electron chi connectivity index (χ3n) is 4.84. The van der Waals surface area contributed by atoms with Crippen LogP contribution in [-0.2, 0) is 33.8 Å². The normalized spacial score (nSPS) is 12.3. The highest BCUT2D eigenvalue weighted by Gasteiger charge is 2.26. The molecule has 0 radical (unpaired) electrons. The Balaban J connectivity index is 2.34. The van der Waals surface area contributed by atoms with Gasteiger partial charge in [-0.3, -0.25) is 24.0 Å². The van der Waals surface area contributed by atoms with Gasteiger partial charge < -0.3 is 27.0 Å². The number of amides is 5. The van der Waals surface area contributed by atoms with E-state index in [-0.39, 0.29) is 29.9 Å². The van der Waals surface area contributed by atoms with Crippen LogP contribution in [0.15, 0.2) is 17.6 Å². The van der Waals surface area contributed by atoms with E-state index in [0.717, 1.165) is 6.26 Å². The lowest BCUT2D eigenvalue weighted by Gasteiger charge is -2.23. The topological polar surface area (TPSA) is 219 Å². The number of unbranched alkanes of at least 4 members (excludes halogenated alkanes) is 1. The number of sulfone groups is 1. The maximum absolute atomic E-state index is 12.3. The molecule has 6 N–H and O–H groups in total. The van der Waals surface area contributed by atoms with E-state index in [2.05, 4.69) is 43.1 Å². The summed E-state index contributed by atoms with van der Waals surface area (Å²) in [6.45, 7) is 4.06. The second kappa shape index (κ2) is 15.3. The van der Waals surface area contributed by atoms with Crippen molar-refractivity contribution < 1.29 is 32.4 Å². The molecule has 0 saturated carbocycles. The average Bonchev–Trinajstić information content (AvgIpc) is 2.83. The second-order valence-corrected chi connectivity index (χ2v) is 10.6. The molecule has 0 aliphatic heterocycles. The first-order valence-corrected chi connectivity index (χ1v) is 13.5. The number of nitrogens with one attached hydrogen (secondary N) is 4. The zero-order valence-electron chi connectivity index (χ0n) is 21.7. The van der Waals surface area contributed by atoms with Crippen molar-refractivity contribution in [3.05, 3.63) is 18.0 Å². The summed E-state index contributed by atoms with van der Waals surface area (Å²) in [6.07, 6.45) is 4.49. The number of primary amides is 1. The molecule has 0 spiro atoms. The van der Waals surface area contributed by atoms with Gasteiger partial charge in [0.25, 0.3) is 0 Å². The quantitative estimate of drug-likeness (QED) is 0.101. The summed E-state index contributed by atoms with van der Waals surface area (Å²) >= 11 is 0. The molecule has 0 aliphatic carbocycles. The Labute approximate surface area is 221 Å². The van der Waals surface area contributed by atoms with E-state index in [0.29, 0.717) is 18.4 Å². The monoisotopic (exact) mass is 551 g/mol. The number of carbonyl (C=O) groups excluding carboxylic acids is 5. The lowest BCUT2D eigenvalue weighted by molar-refractivity contribution is -0.132. The number of hydrogen-bond acceptors (Lipinski definition) is 9. The summed E-state index contributed by atoms with van der Waals surface area (Å²) in [4.78, 5) is 66.9. The number of rotatable bonds is 13. The van der Waals surface area contributed by atoms with Crippen LogP contribution >= 0.6 is 0 Å². The van der Waals surface area contributed by atoms with Crippen LogP contribution in [0.1, 0.15) is 45.6 Å². The van der Waals surface area contributed by atoms with E-state index < -0.39 is 52.1 Å². The highest BCUT2D eigenvalue weighted by atomic mass is 32.2. The van der Waals surface area contributed by atoms with Gasteiger partial charge in [-0.1, -0.05) is 25.7 Å². The number of aromatic nitrogens is 2. The molecule has 1 heterocycles. The van der Waals surface area contributed by atoms with Crippen LogP contribution in [0.25, 0.3) is 0 Å². The zero-order chi connectivity index (χ0) is 28.9. The molecule has 0 saturated heterocycles. The summed E-state index contributed by atoms with van der Waals surface area (Å²) in [6, 6.07) is -1.85. The van der Waals surface area contributed by atoms with Crippen LogP contribution in [0.3, 0.4) is 0 Å². The van der Waals surface area contributed by atoms with E-state index in [1.807, 2.05) is 0 Å². The first-order chi connectivity index (χ1) is 17.7. The molecule has 1 rings (SSSR count). The molecule has 2 atom stereocenters. The predicted molar refractivity (Wildman–Crippen MR) is 135 cm³/mol. The summed E-state index contributed by atoms with van der Waals surface area (Å²) in [5.74, 6) is 2.39. The van der Waals surface area contributed by atoms with Crippen molar-refractivity contribution in [2.75, 3.05) is 19.3 Å². The Morgan fingerprint density at radius 1 is 0.947 bits per heavy atom. The van der Waals surface area contributed by atoms with E-state index in [4.69, 9.17) is 5.73 Å². The Bertz CT molecular complexity index is 1190. The van der Waals surface area contributed by atoms with Crippen LogP contribution in [0.4, 0.5) is 0 Å². The molecule has 15 heteroatoms. The minimum atomic E-state index is -3.49. The van der Waals surface area contributed by atoms with Gasteiger partial charge in [0.05, 0.1) is 18.7 Å². The third kappa shape index (κ3) is 12.3. The molecule has 38 heavy (non-hydrogen) atoms. The first-order valence-electron chi connectivity index (χ1n) is 11.6. The molecule has 0 aromatic carbocycles. The van der Waals surface area contributed by atoms with E-state index in [1.54, 1.807) is 13.8 Å². The summed E-state index contributed by atoms with van der Waals surface area (Å²) < 4.78 is 22.7. The van der Waals surface area contributed by atoms with Crippen molar-refractivity contribution in [2.45, 2.75) is 57.3 Å². The maximum atomic E-state index is 12.3. The van der Waals surface area contributed by atoms with E-state index >= 15 is 0 Å². The number of carbonyl (C=O) groups is 5. The standard InChI is InChI=1S/C23H33N7O7S/c1-14(2)20(22(35)29-15(3)21(24)34)30-19(33)13-26-18(32)12-25-17(31)9-7-5-6-8-16-10-27-23(28-11-16)38(4,36)37/h10-11,14-15,20H,5,7,9,12-13H2,1-4H3,(H2,24,34)(H,25,31)(H,26,32)(H,29,35)(H,30,33)/t15-,20-/m0/s1. The molecular weight excluding hydrogens is 518 g/mol. The number of hydrogen-bond donors (Lipinski definition) is 5. The lowest BCUT2D eigenvalue weighted by Crippen LogP contribution is -2.55. The maximum Gasteiger partial charge on any atom is 0.246 e. The SMILES string of the molecule is CC(C)[C@H](NC(=O)CNC(=O)CNC(=O)CCCC#Cc1cnc(S(C)(=O)=O)nc1)C(=O)N[C@@H](C)C(N)=O. The minimum absolute atomic E-state index is 0.112. The lowest BCUT2D eigenvalue weighted by atomic mass is 10.0. The third-order valence-corrected chi connectivity index (χ3v) is 5.72. The van der Waals surface area contributed by atoms with Crippen LogP contribution in [0, 0.1) is 17.8 Å². The van der Waals surface area contributed by atoms with Crippen LogP contribution < -0.4 is 27.0 Å². The largest absolute Gasteiger partial charge is 0.368 e. The zero-order valence-corrected chi connectivity index (χ0v) is 22.5. The molecule has 0 unspecified atom stereocenters. The van der Waals surface area contributed by atoms with Crippen LogP contribution in [0.5, 0.6) is 0 Å². The second-order valence-electron chi connectivity index (χ2n) is 8.66. The Morgan fingerprint density at radius 3 is 2.08 bits per heavy atom. The molecule has 0 fully saturated rings. The summed E-state index contributed by atoms with van der Waals surface area (Å²) in [5, 5.41) is 9.38. The van der Waals surface area contributed by atoms with Gasteiger partial charge in [0.2, 0.25) is 44.5 Å². The van der Waals surface area contributed by atoms with Gasteiger partial charge in [-0.2, -0.15) is 0 Å². The van der Waals surface area contributed by atoms with Crippen molar-refractivity contribution in [2.24, 2.45) is 11.7 Å². The van der Waals surface area contributed by atoms with Gasteiger partial charge in [-0.25, -0.2) is 18.4 Å². The average molecular weight is 552 g/mol. The van der Waals surface area contributed by atoms with Crippen molar-refractivity contribution >= 4 is 39.4 Å². The Morgan fingerprint density at radius 2 is 1.53 bits per heavy atom. The molecule has 208 valence electrons. The van der Waals surface area contributed by atoms with Crippen LogP contribution in [-0.4, -0.2) is 79.4 Å². The van der Waals surface area contributed by atoms with Crippen LogP contribution in [0.2, 0.25) is 0 Å². The highest BCUT2D eigenvalue weighted by Crippen LogP contribution is 2.03. The fourth-order valence-electron chi connectivity index (χ4n) is 2.72. The van der Waals surface area contributed by atoms with Gasteiger partial charge in [0.15, 0.2) is 0 Å². The minimum Gasteiger partial charge on any atom is -0.368 e. The van der Waals surface area contributed by atoms with Gasteiger partial charge >= 0.3 is 0 Å². The fourth-order valence-corrected chi connectivity index (χ4v) is 3.20. The van der Waals surface area contributed by atoms with Crippen molar-refractivity contribution in [3.63, 3.8) is 0 Å². The van der Waals surface area contributed by atoms with Crippen molar-refractivity contribution in [1.29, 1.82) is 0 Å². The molecular formula is C23H33N7O7S. The number of nitrogens with two attached hydrogens (primary N) is 1. The van der Waals surface area contributed by atoms with Gasteiger partial charge in [-0.05, 0) is 19.3 Å². The highest BCUT2D eigenvalue weighted by molar-refractivity contribution is 7.90. The van der Waals surface area contributed by atoms with Crippen molar-refractivity contribution in [1.82, 2.24) is 31.2 Å². The van der Waals surface area contributed by atoms with Gasteiger partial charge in [0.1, 0.15) is 12.1 Å². The molecule has 5 amide bonds. The molecule has 0 aliphatic rings. The number of nitrogens with zero attached hydrogens (tertiary/aromatic N) is 2. The molecule has 0 bridgehead atoms. The predicted octanol–water partition coefficient (Wildman–Crippen LogP) is -2.23. The fraction of sp³-hybridized carbons (Fsp3) is 0.522. The summed E-state index contributed by atoms with van der Waals surface area (Å²) in [5.41, 5.74) is 5.56. The smallest absolute Gasteiger partial charge is 0.246 e. The molecule has 14 nitrogen and oxygen atoms in total. The van der Waals surface area contributed by atoms with Gasteiger partial charge in [0, 0.05) is 31.5 Å². The first kappa shape index (κ1) is 32.0. The Kier molecular flexibility index (Phi) is 12.8. The van der Waals surface area contributed by atoms with Gasteiger partial charge in [-0.15, -0.1) is 0 Å². The van der Waals surface area contributed by atoms with E-state index in [9.17, 15) is 32.4 Å². The molecule has 1 aromatic heterocycles. The Hall–Kier alpha value is -4.06. The van der Waals surface area contributed by atoms with E-state index in [1.165, 1.54) is 19.3 Å². The molecule has 1 aromatic rings. The van der Waals surface area contributed by atoms with Crippen molar-refractivity contribution in [3.8, 4) is 11.8 Å².